The van der Waals surface area contributed by atoms with Crippen molar-refractivity contribution in [2.24, 2.45) is 5.73 Å². The molecule has 3 nitrogen and oxygen atoms in total. The monoisotopic (exact) mass is 269 g/mol. The zero-order valence-corrected chi connectivity index (χ0v) is 11.9. The molecule has 0 amide bonds. The van der Waals surface area contributed by atoms with Crippen LogP contribution in [0, 0.1) is 5.82 Å². The van der Waals surface area contributed by atoms with E-state index in [9.17, 15) is 4.39 Å². The second kappa shape index (κ2) is 6.66. The molecule has 0 saturated heterocycles. The van der Waals surface area contributed by atoms with Crippen molar-refractivity contribution in [2.75, 3.05) is 25.5 Å². The fourth-order valence-electron chi connectivity index (χ4n) is 1.55. The third-order valence-corrected chi connectivity index (χ3v) is 3.13. The summed E-state index contributed by atoms with van der Waals surface area (Å²) in [5.74, 6) is -0.385. The summed E-state index contributed by atoms with van der Waals surface area (Å²) in [6, 6.07) is 5.27. The first-order chi connectivity index (χ1) is 8.43. The van der Waals surface area contributed by atoms with Crippen molar-refractivity contribution in [2.45, 2.75) is 19.9 Å². The summed E-state index contributed by atoms with van der Waals surface area (Å²) < 4.78 is 13.6. The van der Waals surface area contributed by atoms with Gasteiger partial charge in [-0.1, -0.05) is 18.3 Å². The number of nitrogens with two attached hydrogens (primary N) is 1. The van der Waals surface area contributed by atoms with Gasteiger partial charge in [-0.15, -0.1) is 0 Å². The van der Waals surface area contributed by atoms with Crippen LogP contribution in [0.15, 0.2) is 18.2 Å². The highest BCUT2D eigenvalue weighted by Gasteiger charge is 2.11. The van der Waals surface area contributed by atoms with Crippen molar-refractivity contribution < 1.29 is 4.39 Å². The smallest absolute Gasteiger partial charge is 0.135 e. The van der Waals surface area contributed by atoms with Crippen LogP contribution >= 0.6 is 12.2 Å². The summed E-state index contributed by atoms with van der Waals surface area (Å²) in [6.45, 7) is 5.84. The largest absolute Gasteiger partial charge is 0.389 e. The number of halogens is 1. The Morgan fingerprint density at radius 2 is 2.17 bits per heavy atom. The van der Waals surface area contributed by atoms with Gasteiger partial charge in [-0.05, 0) is 33.0 Å². The first-order valence-electron chi connectivity index (χ1n) is 5.96. The van der Waals surface area contributed by atoms with E-state index >= 15 is 0 Å². The zero-order chi connectivity index (χ0) is 13.7. The molecular weight excluding hydrogens is 249 g/mol. The van der Waals surface area contributed by atoms with Gasteiger partial charge in [0.05, 0.1) is 5.56 Å². The van der Waals surface area contributed by atoms with Crippen molar-refractivity contribution in [3.8, 4) is 0 Å². The van der Waals surface area contributed by atoms with Gasteiger partial charge in [0.25, 0.3) is 0 Å². The number of rotatable bonds is 6. The quantitative estimate of drug-likeness (QED) is 0.777. The first kappa shape index (κ1) is 14.9. The van der Waals surface area contributed by atoms with E-state index in [1.54, 1.807) is 12.1 Å². The van der Waals surface area contributed by atoms with Gasteiger partial charge in [-0.2, -0.15) is 0 Å². The van der Waals surface area contributed by atoms with Gasteiger partial charge < -0.3 is 16.0 Å². The molecule has 1 rings (SSSR count). The van der Waals surface area contributed by atoms with E-state index in [-0.39, 0.29) is 10.8 Å². The zero-order valence-electron chi connectivity index (χ0n) is 11.0. The lowest BCUT2D eigenvalue weighted by atomic mass is 10.1. The number of hydrogen-bond acceptors (Lipinski definition) is 3. The fourth-order valence-corrected chi connectivity index (χ4v) is 1.75. The number of benzene rings is 1. The Hall–Kier alpha value is -1.20. The maximum atomic E-state index is 13.6. The lowest BCUT2D eigenvalue weighted by Gasteiger charge is -2.21. The van der Waals surface area contributed by atoms with Gasteiger partial charge >= 0.3 is 0 Å². The first-order valence-corrected chi connectivity index (χ1v) is 6.36. The summed E-state index contributed by atoms with van der Waals surface area (Å²) in [6.07, 6.45) is 0. The van der Waals surface area contributed by atoms with Crippen LogP contribution < -0.4 is 11.1 Å². The van der Waals surface area contributed by atoms with E-state index in [1.165, 1.54) is 6.07 Å². The number of anilines is 1. The lowest BCUT2D eigenvalue weighted by Crippen LogP contribution is -2.31. The average molecular weight is 269 g/mol. The molecule has 5 heteroatoms. The highest BCUT2D eigenvalue weighted by molar-refractivity contribution is 7.80. The normalized spacial score (nSPS) is 11.0. The molecule has 0 saturated carbocycles. The van der Waals surface area contributed by atoms with E-state index in [0.29, 0.717) is 23.8 Å². The van der Waals surface area contributed by atoms with Crippen LogP contribution in [-0.2, 0) is 0 Å². The lowest BCUT2D eigenvalue weighted by molar-refractivity contribution is 0.284. The van der Waals surface area contributed by atoms with Crippen LogP contribution in [0.2, 0.25) is 0 Å². The topological polar surface area (TPSA) is 41.3 Å². The van der Waals surface area contributed by atoms with Gasteiger partial charge in [0.1, 0.15) is 10.8 Å². The van der Waals surface area contributed by atoms with E-state index in [0.717, 1.165) is 6.54 Å². The van der Waals surface area contributed by atoms with Crippen LogP contribution in [-0.4, -0.2) is 36.1 Å². The van der Waals surface area contributed by atoms with Crippen LogP contribution in [0.4, 0.5) is 10.1 Å². The van der Waals surface area contributed by atoms with E-state index in [4.69, 9.17) is 18.0 Å². The molecule has 0 unspecified atom stereocenters. The van der Waals surface area contributed by atoms with E-state index in [1.807, 2.05) is 7.05 Å². The predicted octanol–water partition coefficient (Wildman–Crippen LogP) is 2.21. The Labute approximate surface area is 113 Å². The Bertz CT molecular complexity index is 421. The third-order valence-electron chi connectivity index (χ3n) is 2.92. The second-order valence-electron chi connectivity index (χ2n) is 4.53. The minimum atomic E-state index is -0.385. The molecule has 0 radical (unpaired) electrons. The minimum absolute atomic E-state index is 0.0767. The number of hydrogen-bond donors (Lipinski definition) is 2. The summed E-state index contributed by atoms with van der Waals surface area (Å²) >= 11 is 4.87. The third kappa shape index (κ3) is 3.92. The van der Waals surface area contributed by atoms with Crippen molar-refractivity contribution in [3.05, 3.63) is 29.6 Å². The molecule has 0 aliphatic carbocycles. The summed E-state index contributed by atoms with van der Waals surface area (Å²) in [7, 11) is 2.05. The molecule has 0 aliphatic heterocycles. The maximum absolute atomic E-state index is 13.6. The Balaban J connectivity index is 2.68. The molecule has 0 fully saturated rings. The van der Waals surface area contributed by atoms with Crippen LogP contribution in [0.5, 0.6) is 0 Å². The SMILES string of the molecule is CC(C)N(C)CCNc1cccc(F)c1C(N)=S. The Kier molecular flexibility index (Phi) is 5.50. The van der Waals surface area contributed by atoms with Gasteiger partial charge in [-0.3, -0.25) is 0 Å². The van der Waals surface area contributed by atoms with Gasteiger partial charge in [-0.25, -0.2) is 4.39 Å². The Morgan fingerprint density at radius 3 is 2.72 bits per heavy atom. The van der Waals surface area contributed by atoms with Crippen molar-refractivity contribution in [3.63, 3.8) is 0 Å². The number of nitrogens with one attached hydrogen (secondary N) is 1. The van der Waals surface area contributed by atoms with E-state index < -0.39 is 0 Å². The van der Waals surface area contributed by atoms with E-state index in [2.05, 4.69) is 24.1 Å². The molecule has 100 valence electrons. The van der Waals surface area contributed by atoms with Crippen molar-refractivity contribution >= 4 is 22.9 Å². The van der Waals surface area contributed by atoms with Crippen molar-refractivity contribution in [1.29, 1.82) is 0 Å². The molecule has 0 spiro atoms. The molecule has 1 aromatic rings. The summed E-state index contributed by atoms with van der Waals surface area (Å²) in [5.41, 5.74) is 6.48. The molecule has 0 atom stereocenters. The van der Waals surface area contributed by atoms with Crippen LogP contribution in [0.1, 0.15) is 19.4 Å². The summed E-state index contributed by atoms with van der Waals surface area (Å²) in [4.78, 5) is 2.28. The molecule has 1 aromatic carbocycles. The van der Waals surface area contributed by atoms with Crippen molar-refractivity contribution in [1.82, 2.24) is 4.90 Å². The van der Waals surface area contributed by atoms with Crippen LogP contribution in [0.3, 0.4) is 0 Å². The standard InChI is InChI=1S/C13H20FN3S/c1-9(2)17(3)8-7-16-11-6-4-5-10(14)12(11)13(15)18/h4-6,9,16H,7-8H2,1-3H3,(H2,15,18). The molecule has 3 N–H and O–H groups in total. The predicted molar refractivity (Wildman–Crippen MR) is 78.5 cm³/mol. The number of thiocarbonyl (C=S) groups is 1. The fraction of sp³-hybridized carbons (Fsp3) is 0.462. The molecule has 0 aromatic heterocycles. The number of likely N-dealkylation sites (N-methyl/N-ethyl adjacent to an activating group) is 1. The van der Waals surface area contributed by atoms with Gasteiger partial charge in [0, 0.05) is 24.8 Å². The second-order valence-corrected chi connectivity index (χ2v) is 4.97. The highest BCUT2D eigenvalue weighted by atomic mass is 32.1. The summed E-state index contributed by atoms with van der Waals surface area (Å²) in [5, 5.41) is 3.17. The molecule has 0 aliphatic rings. The molecule has 0 bridgehead atoms. The molecular formula is C13H20FN3S. The average Bonchev–Trinajstić information content (AvgIpc) is 2.28. The van der Waals surface area contributed by atoms with Gasteiger partial charge in [0.15, 0.2) is 0 Å². The number of nitrogens with zero attached hydrogens (tertiary/aromatic N) is 1. The highest BCUT2D eigenvalue weighted by Crippen LogP contribution is 2.18. The molecule has 18 heavy (non-hydrogen) atoms. The maximum Gasteiger partial charge on any atom is 0.135 e. The Morgan fingerprint density at radius 1 is 1.50 bits per heavy atom. The van der Waals surface area contributed by atoms with Crippen LogP contribution in [0.25, 0.3) is 0 Å². The minimum Gasteiger partial charge on any atom is -0.389 e. The van der Waals surface area contributed by atoms with Gasteiger partial charge in [0.2, 0.25) is 0 Å². The molecule has 0 heterocycles.